The maximum Gasteiger partial charge on any atom is 0.326 e. The van der Waals surface area contributed by atoms with Crippen LogP contribution in [0, 0.1) is 5.92 Å². The van der Waals surface area contributed by atoms with Gasteiger partial charge in [0.1, 0.15) is 23.9 Å². The summed E-state index contributed by atoms with van der Waals surface area (Å²) in [5.74, 6) is -2.75. The predicted molar refractivity (Wildman–Crippen MR) is 156 cm³/mol. The molecule has 1 rings (SSSR count). The summed E-state index contributed by atoms with van der Waals surface area (Å²) in [6, 6.07) is 1.85. The van der Waals surface area contributed by atoms with Crippen LogP contribution in [0.4, 0.5) is 0 Å². The summed E-state index contributed by atoms with van der Waals surface area (Å²) < 4.78 is 0. The number of thioether (sulfide) groups is 1. The molecule has 0 aliphatic carbocycles. The number of carbonyl (C=O) groups excluding carboxylic acids is 3. The van der Waals surface area contributed by atoms with Gasteiger partial charge in [0.25, 0.3) is 0 Å². The lowest BCUT2D eigenvalue weighted by Gasteiger charge is -2.28. The van der Waals surface area contributed by atoms with E-state index in [1.54, 1.807) is 19.1 Å². The first-order valence-electron chi connectivity index (χ1n) is 13.1. The molecule has 0 heterocycles. The number of carbonyl (C=O) groups is 4. The van der Waals surface area contributed by atoms with Gasteiger partial charge in [-0.15, -0.1) is 0 Å². The molecule has 0 spiro atoms. The fourth-order valence-corrected chi connectivity index (χ4v) is 4.19. The van der Waals surface area contributed by atoms with Gasteiger partial charge in [0.05, 0.1) is 6.04 Å². The lowest BCUT2D eigenvalue weighted by molar-refractivity contribution is -0.142. The number of benzene rings is 1. The van der Waals surface area contributed by atoms with E-state index < -0.39 is 47.9 Å². The van der Waals surface area contributed by atoms with Crippen LogP contribution in [0.3, 0.4) is 0 Å². The van der Waals surface area contributed by atoms with Gasteiger partial charge in [-0.25, -0.2) is 4.79 Å². The maximum absolute atomic E-state index is 13.3. The number of nitrogens with two attached hydrogens (primary N) is 3. The second-order valence-electron chi connectivity index (χ2n) is 9.54. The number of nitrogens with zero attached hydrogens (tertiary/aromatic N) is 1. The number of aliphatic imine (C=N–C) groups is 1. The molecule has 0 bridgehead atoms. The third-order valence-corrected chi connectivity index (χ3v) is 6.98. The Hall–Kier alpha value is -3.52. The molecule has 0 saturated heterocycles. The number of phenolic OH excluding ortho intramolecular Hbond substituents is 1. The van der Waals surface area contributed by atoms with E-state index in [4.69, 9.17) is 17.2 Å². The van der Waals surface area contributed by atoms with Crippen molar-refractivity contribution in [3.63, 3.8) is 0 Å². The first-order valence-corrected chi connectivity index (χ1v) is 14.5. The van der Waals surface area contributed by atoms with Gasteiger partial charge in [-0.2, -0.15) is 11.8 Å². The minimum absolute atomic E-state index is 0.0167. The second kappa shape index (κ2) is 17.9. The highest BCUT2D eigenvalue weighted by molar-refractivity contribution is 7.98. The van der Waals surface area contributed by atoms with E-state index in [2.05, 4.69) is 20.9 Å². The number of hydrogen-bond acceptors (Lipinski definition) is 8. The van der Waals surface area contributed by atoms with Crippen LogP contribution < -0.4 is 33.2 Å². The third kappa shape index (κ3) is 12.6. The quantitative estimate of drug-likeness (QED) is 0.0637. The topological polar surface area (TPSA) is 235 Å². The zero-order valence-electron chi connectivity index (χ0n) is 23.3. The summed E-state index contributed by atoms with van der Waals surface area (Å²) in [6.45, 7) is 3.98. The first kappa shape index (κ1) is 34.5. The molecule has 0 aliphatic heterocycles. The first-order chi connectivity index (χ1) is 18.9. The molecule has 13 nitrogen and oxygen atoms in total. The number of phenols is 1. The number of amides is 3. The van der Waals surface area contributed by atoms with Crippen LogP contribution in [-0.2, 0) is 25.6 Å². The number of rotatable bonds is 18. The smallest absolute Gasteiger partial charge is 0.326 e. The second-order valence-corrected chi connectivity index (χ2v) is 10.5. The number of aromatic hydroxyl groups is 1. The fourth-order valence-electron chi connectivity index (χ4n) is 3.72. The van der Waals surface area contributed by atoms with Gasteiger partial charge in [0.2, 0.25) is 17.7 Å². The van der Waals surface area contributed by atoms with Crippen molar-refractivity contribution >= 4 is 41.4 Å². The van der Waals surface area contributed by atoms with Crippen LogP contribution in [0.15, 0.2) is 29.3 Å². The monoisotopic (exact) mass is 581 g/mol. The summed E-state index contributed by atoms with van der Waals surface area (Å²) >= 11 is 1.47. The average molecular weight is 582 g/mol. The van der Waals surface area contributed by atoms with E-state index in [-0.39, 0.29) is 30.5 Å². The van der Waals surface area contributed by atoms with E-state index >= 15 is 0 Å². The SMILES string of the molecule is CCC(C)C(NC(=O)C(N)CCCN=C(N)N)C(=O)NC(CCSC)C(=O)NC(Cc1ccc(O)cc1)C(=O)O. The Labute approximate surface area is 239 Å². The molecule has 0 fully saturated rings. The van der Waals surface area contributed by atoms with Crippen molar-refractivity contribution in [2.75, 3.05) is 18.6 Å². The van der Waals surface area contributed by atoms with Gasteiger partial charge in [0.15, 0.2) is 5.96 Å². The number of aliphatic carboxylic acids is 1. The number of carboxylic acid groups (broad SMARTS) is 1. The minimum Gasteiger partial charge on any atom is -0.508 e. The third-order valence-electron chi connectivity index (χ3n) is 6.33. The number of carboxylic acids is 1. The van der Waals surface area contributed by atoms with Crippen LogP contribution >= 0.6 is 11.8 Å². The van der Waals surface area contributed by atoms with Crippen LogP contribution in [0.1, 0.15) is 45.1 Å². The number of nitrogens with one attached hydrogen (secondary N) is 3. The van der Waals surface area contributed by atoms with Gasteiger partial charge in [-0.3, -0.25) is 19.4 Å². The van der Waals surface area contributed by atoms with Crippen LogP contribution in [0.5, 0.6) is 5.75 Å². The summed E-state index contributed by atoms with van der Waals surface area (Å²) in [5.41, 5.74) is 17.2. The Bertz CT molecular complexity index is 1000. The van der Waals surface area contributed by atoms with E-state index in [1.165, 1.54) is 23.9 Å². The summed E-state index contributed by atoms with van der Waals surface area (Å²) in [6.07, 6.45) is 3.41. The molecule has 5 atom stereocenters. The van der Waals surface area contributed by atoms with Crippen molar-refractivity contribution in [3.05, 3.63) is 29.8 Å². The minimum atomic E-state index is -1.26. The lowest BCUT2D eigenvalue weighted by Crippen LogP contribution is -2.58. The van der Waals surface area contributed by atoms with Crippen molar-refractivity contribution < 1.29 is 29.4 Å². The van der Waals surface area contributed by atoms with Crippen molar-refractivity contribution in [2.24, 2.45) is 28.1 Å². The molecule has 1 aromatic rings. The Morgan fingerprint density at radius 2 is 1.60 bits per heavy atom. The Morgan fingerprint density at radius 1 is 0.975 bits per heavy atom. The standard InChI is InChI=1S/C26H43N7O6S/c1-4-15(2)21(33-22(35)18(27)6-5-12-30-26(28)29)24(37)31-19(11-13-40-3)23(36)32-20(25(38)39)14-16-7-9-17(34)10-8-16/h7-10,15,18-21,34H,4-6,11-14,27H2,1-3H3,(H,31,37)(H,32,36)(H,33,35)(H,38,39)(H4,28,29,30). The molecule has 0 aliphatic rings. The molecule has 0 saturated carbocycles. The number of hydrogen-bond donors (Lipinski definition) is 8. The van der Waals surface area contributed by atoms with Gasteiger partial charge >= 0.3 is 5.97 Å². The maximum atomic E-state index is 13.3. The molecule has 5 unspecified atom stereocenters. The van der Waals surface area contributed by atoms with E-state index in [1.807, 2.05) is 13.2 Å². The number of guanidine groups is 1. The zero-order valence-corrected chi connectivity index (χ0v) is 24.1. The largest absolute Gasteiger partial charge is 0.508 e. The van der Waals surface area contributed by atoms with Gasteiger partial charge in [-0.05, 0) is 54.9 Å². The molecule has 3 amide bonds. The lowest BCUT2D eigenvalue weighted by atomic mass is 9.97. The molecular formula is C26H43N7O6S. The van der Waals surface area contributed by atoms with Crippen LogP contribution in [-0.4, -0.2) is 82.6 Å². The normalized spacial score (nSPS) is 14.6. The Kier molecular flexibility index (Phi) is 15.5. The van der Waals surface area contributed by atoms with Gasteiger partial charge in [0, 0.05) is 13.0 Å². The molecule has 1 aromatic carbocycles. The van der Waals surface area contributed by atoms with Crippen molar-refractivity contribution in [3.8, 4) is 5.75 Å². The van der Waals surface area contributed by atoms with E-state index in [0.29, 0.717) is 37.1 Å². The average Bonchev–Trinajstić information content (AvgIpc) is 2.91. The summed E-state index contributed by atoms with van der Waals surface area (Å²) in [7, 11) is 0. The van der Waals surface area contributed by atoms with Gasteiger partial charge < -0.3 is 43.4 Å². The highest BCUT2D eigenvalue weighted by Crippen LogP contribution is 2.13. The highest BCUT2D eigenvalue weighted by atomic mass is 32.2. The van der Waals surface area contributed by atoms with Crippen molar-refractivity contribution in [2.45, 2.75) is 70.1 Å². The molecule has 224 valence electrons. The van der Waals surface area contributed by atoms with E-state index in [9.17, 15) is 29.4 Å². The molecular weight excluding hydrogens is 538 g/mol. The predicted octanol–water partition coefficient (Wildman–Crippen LogP) is -0.346. The molecule has 0 aromatic heterocycles. The van der Waals surface area contributed by atoms with Crippen molar-refractivity contribution in [1.29, 1.82) is 0 Å². The molecule has 0 radical (unpaired) electrons. The fraction of sp³-hybridized carbons (Fsp3) is 0.577. The van der Waals surface area contributed by atoms with Crippen molar-refractivity contribution in [1.82, 2.24) is 16.0 Å². The van der Waals surface area contributed by atoms with Crippen LogP contribution in [0.25, 0.3) is 0 Å². The summed E-state index contributed by atoms with van der Waals surface area (Å²) in [4.78, 5) is 55.0. The molecule has 14 heteroatoms. The molecule has 11 N–H and O–H groups in total. The van der Waals surface area contributed by atoms with Gasteiger partial charge in [-0.1, -0.05) is 32.4 Å². The highest BCUT2D eigenvalue weighted by Gasteiger charge is 2.32. The zero-order chi connectivity index (χ0) is 30.2. The Balaban J connectivity index is 2.95. The molecule has 40 heavy (non-hydrogen) atoms. The summed E-state index contributed by atoms with van der Waals surface area (Å²) in [5, 5.41) is 27.1. The Morgan fingerprint density at radius 3 is 2.15 bits per heavy atom. The van der Waals surface area contributed by atoms with Crippen LogP contribution in [0.2, 0.25) is 0 Å². The van der Waals surface area contributed by atoms with E-state index in [0.717, 1.165) is 0 Å².